The standard InChI is InChI=1S/C17H15BrN2O3/c1-11(17(21)20-14-5-3-4-13(18)9-14)23-15-7-6-12(10-19)8-16(15)22-2/h3-9,11H,1-2H3,(H,20,21)/t11-/m1/s1. The lowest BCUT2D eigenvalue weighted by molar-refractivity contribution is -0.122. The summed E-state index contributed by atoms with van der Waals surface area (Å²) < 4.78 is 11.7. The van der Waals surface area contributed by atoms with E-state index in [-0.39, 0.29) is 5.91 Å². The molecule has 0 radical (unpaired) electrons. The molecule has 0 saturated carbocycles. The minimum atomic E-state index is -0.726. The van der Waals surface area contributed by atoms with Crippen LogP contribution >= 0.6 is 15.9 Å². The summed E-state index contributed by atoms with van der Waals surface area (Å²) in [6.07, 6.45) is -0.726. The molecule has 6 heteroatoms. The summed E-state index contributed by atoms with van der Waals surface area (Å²) in [5, 5.41) is 11.7. The molecule has 118 valence electrons. The van der Waals surface area contributed by atoms with E-state index >= 15 is 0 Å². The van der Waals surface area contributed by atoms with Crippen molar-refractivity contribution >= 4 is 27.5 Å². The van der Waals surface area contributed by atoms with Crippen molar-refractivity contribution in [3.8, 4) is 17.6 Å². The van der Waals surface area contributed by atoms with Crippen LogP contribution in [0.3, 0.4) is 0 Å². The molecule has 2 rings (SSSR count). The summed E-state index contributed by atoms with van der Waals surface area (Å²) in [6.45, 7) is 1.64. The molecule has 0 spiro atoms. The fourth-order valence-corrected chi connectivity index (χ4v) is 2.29. The molecule has 23 heavy (non-hydrogen) atoms. The monoisotopic (exact) mass is 374 g/mol. The van der Waals surface area contributed by atoms with E-state index in [1.807, 2.05) is 18.2 Å². The largest absolute Gasteiger partial charge is 0.493 e. The third kappa shape index (κ3) is 4.47. The second-order valence-electron chi connectivity index (χ2n) is 4.74. The van der Waals surface area contributed by atoms with Gasteiger partial charge in [0, 0.05) is 16.2 Å². The van der Waals surface area contributed by atoms with Gasteiger partial charge in [0.2, 0.25) is 0 Å². The number of benzene rings is 2. The van der Waals surface area contributed by atoms with Gasteiger partial charge in [-0.15, -0.1) is 0 Å². The highest BCUT2D eigenvalue weighted by atomic mass is 79.9. The SMILES string of the molecule is COc1cc(C#N)ccc1O[C@H](C)C(=O)Nc1cccc(Br)c1. The lowest BCUT2D eigenvalue weighted by atomic mass is 10.2. The van der Waals surface area contributed by atoms with Crippen LogP contribution in [0.4, 0.5) is 5.69 Å². The lowest BCUT2D eigenvalue weighted by Gasteiger charge is -2.17. The summed E-state index contributed by atoms with van der Waals surface area (Å²) in [7, 11) is 1.48. The number of ether oxygens (including phenoxy) is 2. The summed E-state index contributed by atoms with van der Waals surface area (Å²) in [6, 6.07) is 14.1. The minimum Gasteiger partial charge on any atom is -0.493 e. The molecule has 0 aliphatic carbocycles. The van der Waals surface area contributed by atoms with Gasteiger partial charge in [-0.25, -0.2) is 0 Å². The van der Waals surface area contributed by atoms with Gasteiger partial charge in [0.25, 0.3) is 5.91 Å². The van der Waals surface area contributed by atoms with E-state index in [1.165, 1.54) is 7.11 Å². The molecule has 1 N–H and O–H groups in total. The third-order valence-corrected chi connectivity index (χ3v) is 3.55. The van der Waals surface area contributed by atoms with Crippen molar-refractivity contribution < 1.29 is 14.3 Å². The van der Waals surface area contributed by atoms with Crippen molar-refractivity contribution in [3.05, 3.63) is 52.5 Å². The minimum absolute atomic E-state index is 0.283. The molecule has 5 nitrogen and oxygen atoms in total. The Morgan fingerprint density at radius 1 is 1.26 bits per heavy atom. The van der Waals surface area contributed by atoms with E-state index in [0.29, 0.717) is 22.7 Å². The molecule has 0 fully saturated rings. The van der Waals surface area contributed by atoms with Crippen molar-refractivity contribution in [2.24, 2.45) is 0 Å². The number of carbonyl (C=O) groups excluding carboxylic acids is 1. The molecular formula is C17H15BrN2O3. The van der Waals surface area contributed by atoms with Gasteiger partial charge in [-0.2, -0.15) is 5.26 Å². The number of methoxy groups -OCH3 is 1. The van der Waals surface area contributed by atoms with E-state index in [4.69, 9.17) is 14.7 Å². The number of halogens is 1. The number of hydrogen-bond acceptors (Lipinski definition) is 4. The molecule has 0 unspecified atom stereocenters. The number of amides is 1. The molecule has 0 aromatic heterocycles. The number of nitrogens with zero attached hydrogens (tertiary/aromatic N) is 1. The van der Waals surface area contributed by atoms with Gasteiger partial charge in [0.15, 0.2) is 17.6 Å². The summed E-state index contributed by atoms with van der Waals surface area (Å²) in [5.74, 6) is 0.532. The maximum Gasteiger partial charge on any atom is 0.265 e. The van der Waals surface area contributed by atoms with Gasteiger partial charge in [-0.05, 0) is 37.3 Å². The Bertz CT molecular complexity index is 756. The van der Waals surface area contributed by atoms with Crippen LogP contribution in [0.2, 0.25) is 0 Å². The summed E-state index contributed by atoms with van der Waals surface area (Å²) in [5.41, 5.74) is 1.13. The first kappa shape index (κ1) is 16.8. The number of hydrogen-bond donors (Lipinski definition) is 1. The normalized spacial score (nSPS) is 11.2. The molecule has 1 atom stereocenters. The summed E-state index contributed by atoms with van der Waals surface area (Å²) in [4.78, 5) is 12.2. The highest BCUT2D eigenvalue weighted by molar-refractivity contribution is 9.10. The number of rotatable bonds is 5. The average molecular weight is 375 g/mol. The Kier molecular flexibility index (Phi) is 5.61. The zero-order valence-corrected chi connectivity index (χ0v) is 14.3. The zero-order valence-electron chi connectivity index (χ0n) is 12.7. The van der Waals surface area contributed by atoms with E-state index in [2.05, 4.69) is 21.2 Å². The van der Waals surface area contributed by atoms with Crippen LogP contribution in [0.15, 0.2) is 46.9 Å². The van der Waals surface area contributed by atoms with E-state index < -0.39 is 6.10 Å². The zero-order chi connectivity index (χ0) is 16.8. The van der Waals surface area contributed by atoms with E-state index in [9.17, 15) is 4.79 Å². The summed E-state index contributed by atoms with van der Waals surface area (Å²) >= 11 is 3.35. The van der Waals surface area contributed by atoms with Crippen LogP contribution in [-0.4, -0.2) is 19.1 Å². The maximum absolute atomic E-state index is 12.2. The Hall–Kier alpha value is -2.52. The highest BCUT2D eigenvalue weighted by Crippen LogP contribution is 2.29. The predicted molar refractivity (Wildman–Crippen MR) is 90.6 cm³/mol. The van der Waals surface area contributed by atoms with E-state index in [1.54, 1.807) is 37.3 Å². The first-order valence-electron chi connectivity index (χ1n) is 6.84. The molecular weight excluding hydrogens is 360 g/mol. The molecule has 0 saturated heterocycles. The van der Waals surface area contributed by atoms with Crippen molar-refractivity contribution in [1.29, 1.82) is 5.26 Å². The second-order valence-corrected chi connectivity index (χ2v) is 5.65. The second kappa shape index (κ2) is 7.65. The Balaban J connectivity index is 2.08. The number of nitriles is 1. The van der Waals surface area contributed by atoms with Crippen LogP contribution in [0.5, 0.6) is 11.5 Å². The third-order valence-electron chi connectivity index (χ3n) is 3.06. The molecule has 2 aromatic carbocycles. The molecule has 0 bridgehead atoms. The van der Waals surface area contributed by atoms with Crippen LogP contribution in [-0.2, 0) is 4.79 Å². The Morgan fingerprint density at radius 2 is 2.04 bits per heavy atom. The number of nitrogens with one attached hydrogen (secondary N) is 1. The molecule has 0 aliphatic heterocycles. The number of carbonyl (C=O) groups is 1. The molecule has 1 amide bonds. The van der Waals surface area contributed by atoms with Crippen molar-refractivity contribution in [2.75, 3.05) is 12.4 Å². The first-order valence-corrected chi connectivity index (χ1v) is 7.64. The quantitative estimate of drug-likeness (QED) is 0.865. The molecule has 2 aromatic rings. The molecule has 0 aliphatic rings. The fourth-order valence-electron chi connectivity index (χ4n) is 1.89. The Labute approximate surface area is 143 Å². The van der Waals surface area contributed by atoms with Crippen LogP contribution in [0.25, 0.3) is 0 Å². The van der Waals surface area contributed by atoms with Crippen LogP contribution in [0.1, 0.15) is 12.5 Å². The smallest absolute Gasteiger partial charge is 0.265 e. The van der Waals surface area contributed by atoms with E-state index in [0.717, 1.165) is 4.47 Å². The van der Waals surface area contributed by atoms with Gasteiger partial charge in [-0.3, -0.25) is 4.79 Å². The van der Waals surface area contributed by atoms with Gasteiger partial charge in [0.1, 0.15) is 0 Å². The van der Waals surface area contributed by atoms with Gasteiger partial charge < -0.3 is 14.8 Å². The lowest BCUT2D eigenvalue weighted by Crippen LogP contribution is -2.30. The van der Waals surface area contributed by atoms with Crippen molar-refractivity contribution in [2.45, 2.75) is 13.0 Å². The fraction of sp³-hybridized carbons (Fsp3) is 0.176. The highest BCUT2D eigenvalue weighted by Gasteiger charge is 2.17. The first-order chi connectivity index (χ1) is 11.0. The maximum atomic E-state index is 12.2. The van der Waals surface area contributed by atoms with Crippen molar-refractivity contribution in [1.82, 2.24) is 0 Å². The number of anilines is 1. The van der Waals surface area contributed by atoms with Gasteiger partial charge in [-0.1, -0.05) is 22.0 Å². The van der Waals surface area contributed by atoms with Gasteiger partial charge in [0.05, 0.1) is 18.7 Å². The van der Waals surface area contributed by atoms with Crippen LogP contribution in [0, 0.1) is 11.3 Å². The van der Waals surface area contributed by atoms with Gasteiger partial charge >= 0.3 is 0 Å². The van der Waals surface area contributed by atoms with Crippen LogP contribution < -0.4 is 14.8 Å². The van der Waals surface area contributed by atoms with Crippen molar-refractivity contribution in [3.63, 3.8) is 0 Å². The topological polar surface area (TPSA) is 71.3 Å². The molecule has 0 heterocycles. The predicted octanol–water partition coefficient (Wildman–Crippen LogP) is 3.74. The Morgan fingerprint density at radius 3 is 2.70 bits per heavy atom. The average Bonchev–Trinajstić information content (AvgIpc) is 2.55.